The number of nitrogens with one attached hydrogen (secondary N) is 1. The molecular formula is C19H18N2O4. The highest BCUT2D eigenvalue weighted by Crippen LogP contribution is 2.26. The Bertz CT molecular complexity index is 777. The summed E-state index contributed by atoms with van der Waals surface area (Å²) in [7, 11) is 0. The quantitative estimate of drug-likeness (QED) is 0.871. The molecule has 2 atom stereocenters. The van der Waals surface area contributed by atoms with E-state index in [4.69, 9.17) is 0 Å². The number of hydrogen-bond donors (Lipinski definition) is 2. The van der Waals surface area contributed by atoms with Gasteiger partial charge in [0.2, 0.25) is 5.91 Å². The number of rotatable bonds is 5. The van der Waals surface area contributed by atoms with E-state index in [9.17, 15) is 19.5 Å². The van der Waals surface area contributed by atoms with Crippen LogP contribution in [-0.2, 0) is 9.59 Å². The maximum Gasteiger partial charge on any atom is 0.331 e. The van der Waals surface area contributed by atoms with Crippen molar-refractivity contribution in [3.8, 4) is 0 Å². The standard InChI is InChI=1S/C19H18N2O4/c22-17(14-9-5-2-6-10-14)20-15-11-12-21(18(15)23)16(19(24)25)13-7-3-1-4-8-13/h1-10,15-16H,11-12H2,(H,20,22)(H,24,25)/t15-,16+/m1/s1. The van der Waals surface area contributed by atoms with Crippen molar-refractivity contribution in [3.05, 3.63) is 71.8 Å². The third-order valence-corrected chi connectivity index (χ3v) is 4.24. The lowest BCUT2D eigenvalue weighted by molar-refractivity contribution is -0.149. The highest BCUT2D eigenvalue weighted by atomic mass is 16.4. The smallest absolute Gasteiger partial charge is 0.331 e. The lowest BCUT2D eigenvalue weighted by Crippen LogP contribution is -2.43. The number of carboxylic acids is 1. The van der Waals surface area contributed by atoms with Crippen LogP contribution in [0.4, 0.5) is 0 Å². The summed E-state index contributed by atoms with van der Waals surface area (Å²) in [6.07, 6.45) is 0.383. The van der Waals surface area contributed by atoms with Crippen LogP contribution in [-0.4, -0.2) is 40.4 Å². The fourth-order valence-electron chi connectivity index (χ4n) is 3.01. The second kappa shape index (κ2) is 7.17. The minimum atomic E-state index is -1.09. The summed E-state index contributed by atoms with van der Waals surface area (Å²) >= 11 is 0. The Morgan fingerprint density at radius 2 is 1.64 bits per heavy atom. The van der Waals surface area contributed by atoms with Gasteiger partial charge in [-0.3, -0.25) is 9.59 Å². The van der Waals surface area contributed by atoms with Crippen LogP contribution in [0.5, 0.6) is 0 Å². The van der Waals surface area contributed by atoms with E-state index in [2.05, 4.69) is 5.32 Å². The summed E-state index contributed by atoms with van der Waals surface area (Å²) in [5.41, 5.74) is 1.00. The Hall–Kier alpha value is -3.15. The average Bonchev–Trinajstić information content (AvgIpc) is 2.97. The Balaban J connectivity index is 1.74. The van der Waals surface area contributed by atoms with E-state index in [1.165, 1.54) is 4.90 Å². The van der Waals surface area contributed by atoms with E-state index in [0.717, 1.165) is 0 Å². The van der Waals surface area contributed by atoms with Gasteiger partial charge in [0.1, 0.15) is 6.04 Å². The molecular weight excluding hydrogens is 320 g/mol. The zero-order chi connectivity index (χ0) is 17.8. The third kappa shape index (κ3) is 3.52. The second-order valence-corrected chi connectivity index (χ2v) is 5.86. The van der Waals surface area contributed by atoms with Crippen molar-refractivity contribution in [2.24, 2.45) is 0 Å². The van der Waals surface area contributed by atoms with Crippen molar-refractivity contribution in [2.45, 2.75) is 18.5 Å². The zero-order valence-electron chi connectivity index (χ0n) is 13.5. The highest BCUT2D eigenvalue weighted by Gasteiger charge is 2.40. The second-order valence-electron chi connectivity index (χ2n) is 5.86. The van der Waals surface area contributed by atoms with Crippen molar-refractivity contribution >= 4 is 17.8 Å². The fourth-order valence-corrected chi connectivity index (χ4v) is 3.01. The number of benzene rings is 2. The van der Waals surface area contributed by atoms with Gasteiger partial charge in [0.15, 0.2) is 6.04 Å². The maximum absolute atomic E-state index is 12.6. The van der Waals surface area contributed by atoms with Gasteiger partial charge in [-0.1, -0.05) is 48.5 Å². The Kier molecular flexibility index (Phi) is 4.79. The first-order valence-corrected chi connectivity index (χ1v) is 8.02. The van der Waals surface area contributed by atoms with Crippen molar-refractivity contribution in [1.29, 1.82) is 0 Å². The van der Waals surface area contributed by atoms with Gasteiger partial charge in [0.25, 0.3) is 5.91 Å². The molecule has 6 nitrogen and oxygen atoms in total. The topological polar surface area (TPSA) is 86.7 Å². The van der Waals surface area contributed by atoms with Crippen LogP contribution >= 0.6 is 0 Å². The van der Waals surface area contributed by atoms with E-state index in [1.807, 2.05) is 0 Å². The Labute approximate surface area is 145 Å². The van der Waals surface area contributed by atoms with Crippen LogP contribution in [0.15, 0.2) is 60.7 Å². The summed E-state index contributed by atoms with van der Waals surface area (Å²) in [5, 5.41) is 12.3. The van der Waals surface area contributed by atoms with Crippen LogP contribution in [0.25, 0.3) is 0 Å². The molecule has 2 aromatic carbocycles. The van der Waals surface area contributed by atoms with Gasteiger partial charge in [0.05, 0.1) is 0 Å². The van der Waals surface area contributed by atoms with Crippen molar-refractivity contribution in [2.75, 3.05) is 6.54 Å². The molecule has 1 aliphatic rings. The van der Waals surface area contributed by atoms with E-state index in [1.54, 1.807) is 60.7 Å². The Morgan fingerprint density at radius 1 is 1.04 bits per heavy atom. The van der Waals surface area contributed by atoms with Crippen LogP contribution in [0.3, 0.4) is 0 Å². The fraction of sp³-hybridized carbons (Fsp3) is 0.211. The largest absolute Gasteiger partial charge is 0.479 e. The number of carboxylic acid groups (broad SMARTS) is 1. The lowest BCUT2D eigenvalue weighted by atomic mass is 10.1. The number of carbonyl (C=O) groups excluding carboxylic acids is 2. The first kappa shape index (κ1) is 16.7. The molecule has 1 saturated heterocycles. The molecule has 0 radical (unpaired) electrons. The summed E-state index contributed by atoms with van der Waals surface area (Å²) in [5.74, 6) is -1.80. The van der Waals surface area contributed by atoms with E-state index < -0.39 is 18.1 Å². The number of amides is 2. The zero-order valence-corrected chi connectivity index (χ0v) is 13.5. The molecule has 0 spiro atoms. The first-order chi connectivity index (χ1) is 12.1. The number of nitrogens with zero attached hydrogens (tertiary/aromatic N) is 1. The van der Waals surface area contributed by atoms with Crippen molar-refractivity contribution in [3.63, 3.8) is 0 Å². The van der Waals surface area contributed by atoms with Gasteiger partial charge in [-0.05, 0) is 24.1 Å². The molecule has 0 saturated carbocycles. The molecule has 0 aromatic heterocycles. The van der Waals surface area contributed by atoms with Gasteiger partial charge in [0, 0.05) is 12.1 Å². The SMILES string of the molecule is O=C(N[C@@H]1CCN([C@H](C(=O)O)c2ccccc2)C1=O)c1ccccc1. The minimum Gasteiger partial charge on any atom is -0.479 e. The van der Waals surface area contributed by atoms with Crippen LogP contribution < -0.4 is 5.32 Å². The van der Waals surface area contributed by atoms with Crippen LogP contribution in [0, 0.1) is 0 Å². The van der Waals surface area contributed by atoms with E-state index >= 15 is 0 Å². The molecule has 2 N–H and O–H groups in total. The van der Waals surface area contributed by atoms with Gasteiger partial charge in [-0.25, -0.2) is 4.79 Å². The lowest BCUT2D eigenvalue weighted by Gasteiger charge is -2.25. The molecule has 2 amide bonds. The number of hydrogen-bond acceptors (Lipinski definition) is 3. The number of likely N-dealkylation sites (tertiary alicyclic amines) is 1. The molecule has 128 valence electrons. The molecule has 1 heterocycles. The molecule has 1 fully saturated rings. The molecule has 1 aliphatic heterocycles. The average molecular weight is 338 g/mol. The van der Waals surface area contributed by atoms with Gasteiger partial charge >= 0.3 is 5.97 Å². The highest BCUT2D eigenvalue weighted by molar-refractivity contribution is 5.98. The number of carbonyl (C=O) groups is 3. The van der Waals surface area contributed by atoms with E-state index in [-0.39, 0.29) is 18.4 Å². The molecule has 0 aliphatic carbocycles. The van der Waals surface area contributed by atoms with Gasteiger partial charge < -0.3 is 15.3 Å². The van der Waals surface area contributed by atoms with Crippen molar-refractivity contribution in [1.82, 2.24) is 10.2 Å². The molecule has 3 rings (SSSR count). The number of aliphatic carboxylic acids is 1. The minimum absolute atomic E-state index is 0.282. The Morgan fingerprint density at radius 3 is 2.24 bits per heavy atom. The third-order valence-electron chi connectivity index (χ3n) is 4.24. The first-order valence-electron chi connectivity index (χ1n) is 8.02. The molecule has 0 unspecified atom stereocenters. The van der Waals surface area contributed by atoms with Crippen molar-refractivity contribution < 1.29 is 19.5 Å². The molecule has 2 aromatic rings. The monoisotopic (exact) mass is 338 g/mol. The van der Waals surface area contributed by atoms with Gasteiger partial charge in [-0.15, -0.1) is 0 Å². The van der Waals surface area contributed by atoms with Crippen LogP contribution in [0.2, 0.25) is 0 Å². The van der Waals surface area contributed by atoms with E-state index in [0.29, 0.717) is 17.5 Å². The van der Waals surface area contributed by atoms with Crippen LogP contribution in [0.1, 0.15) is 28.4 Å². The normalized spacial score (nSPS) is 18.0. The summed E-state index contributed by atoms with van der Waals surface area (Å²) in [6, 6.07) is 15.5. The molecule has 6 heteroatoms. The maximum atomic E-state index is 12.6. The predicted molar refractivity (Wildman–Crippen MR) is 90.8 cm³/mol. The molecule has 0 bridgehead atoms. The van der Waals surface area contributed by atoms with Gasteiger partial charge in [-0.2, -0.15) is 0 Å². The summed E-state index contributed by atoms with van der Waals surface area (Å²) < 4.78 is 0. The predicted octanol–water partition coefficient (Wildman–Crippen LogP) is 1.84. The summed E-state index contributed by atoms with van der Waals surface area (Å²) in [4.78, 5) is 37.9. The molecule has 25 heavy (non-hydrogen) atoms. The summed E-state index contributed by atoms with van der Waals surface area (Å²) in [6.45, 7) is 0.282.